The summed E-state index contributed by atoms with van der Waals surface area (Å²) in [6.07, 6.45) is 3.24. The molecule has 0 fully saturated rings. The summed E-state index contributed by atoms with van der Waals surface area (Å²) in [7, 11) is 0. The minimum absolute atomic E-state index is 0.225. The van der Waals surface area contributed by atoms with Crippen LogP contribution in [0.25, 0.3) is 0 Å². The molecule has 122 valence electrons. The molecule has 2 N–H and O–H groups in total. The number of nitrogens with one attached hydrogen (secondary N) is 2. The Morgan fingerprint density at radius 3 is 2.67 bits per heavy atom. The van der Waals surface area contributed by atoms with E-state index in [1.165, 1.54) is 11.1 Å². The first-order valence-electron chi connectivity index (χ1n) is 7.77. The van der Waals surface area contributed by atoms with Gasteiger partial charge in [0.05, 0.1) is 24.7 Å². The molecule has 0 aliphatic carbocycles. The van der Waals surface area contributed by atoms with Crippen molar-refractivity contribution >= 4 is 11.6 Å². The molecule has 3 rings (SSSR count). The van der Waals surface area contributed by atoms with Gasteiger partial charge in [0, 0.05) is 6.54 Å². The average molecular weight is 321 g/mol. The number of amides is 1. The van der Waals surface area contributed by atoms with Gasteiger partial charge in [0.15, 0.2) is 0 Å². The van der Waals surface area contributed by atoms with Crippen LogP contribution in [0.15, 0.2) is 65.4 Å². The second-order valence-electron chi connectivity index (χ2n) is 5.47. The van der Waals surface area contributed by atoms with Crippen molar-refractivity contribution in [1.82, 2.24) is 10.3 Å². The van der Waals surface area contributed by atoms with Gasteiger partial charge in [-0.2, -0.15) is 0 Å². The number of pyridine rings is 1. The predicted octanol–water partition coefficient (Wildman–Crippen LogP) is 3.53. The molecule has 2 aromatic heterocycles. The number of hydrogen-bond donors (Lipinski definition) is 2. The Balaban J connectivity index is 1.55. The topological polar surface area (TPSA) is 67.2 Å². The zero-order chi connectivity index (χ0) is 16.8. The minimum Gasteiger partial charge on any atom is -0.467 e. The maximum absolute atomic E-state index is 12.0. The first-order chi connectivity index (χ1) is 11.7. The van der Waals surface area contributed by atoms with Gasteiger partial charge in [0.2, 0.25) is 0 Å². The Morgan fingerprint density at radius 2 is 1.96 bits per heavy atom. The first-order valence-corrected chi connectivity index (χ1v) is 7.77. The summed E-state index contributed by atoms with van der Waals surface area (Å²) in [4.78, 5) is 16.2. The molecule has 0 spiro atoms. The van der Waals surface area contributed by atoms with Crippen molar-refractivity contribution in [2.75, 3.05) is 5.32 Å². The van der Waals surface area contributed by atoms with E-state index in [0.29, 0.717) is 18.0 Å². The van der Waals surface area contributed by atoms with Crippen LogP contribution in [0.3, 0.4) is 0 Å². The van der Waals surface area contributed by atoms with E-state index in [0.717, 1.165) is 12.2 Å². The van der Waals surface area contributed by atoms with Gasteiger partial charge in [-0.3, -0.25) is 4.79 Å². The third kappa shape index (κ3) is 4.01. The van der Waals surface area contributed by atoms with Gasteiger partial charge >= 0.3 is 0 Å². The van der Waals surface area contributed by atoms with E-state index in [4.69, 9.17) is 4.42 Å². The van der Waals surface area contributed by atoms with Crippen molar-refractivity contribution in [3.8, 4) is 0 Å². The molecule has 0 aliphatic rings. The molecule has 0 aliphatic heterocycles. The largest absolute Gasteiger partial charge is 0.467 e. The van der Waals surface area contributed by atoms with Crippen molar-refractivity contribution in [2.45, 2.75) is 20.0 Å². The lowest BCUT2D eigenvalue weighted by molar-refractivity contribution is 0.0943. The number of carbonyl (C=O) groups is 1. The third-order valence-corrected chi connectivity index (χ3v) is 3.74. The quantitative estimate of drug-likeness (QED) is 0.729. The van der Waals surface area contributed by atoms with Crippen molar-refractivity contribution in [3.63, 3.8) is 0 Å². The van der Waals surface area contributed by atoms with E-state index in [-0.39, 0.29) is 5.91 Å². The second-order valence-corrected chi connectivity index (χ2v) is 5.47. The van der Waals surface area contributed by atoms with Gasteiger partial charge in [-0.15, -0.1) is 0 Å². The fraction of sp³-hybridized carbons (Fsp3) is 0.158. The number of carbonyl (C=O) groups excluding carboxylic acids is 1. The molecule has 0 unspecified atom stereocenters. The maximum Gasteiger partial charge on any atom is 0.270 e. The summed E-state index contributed by atoms with van der Waals surface area (Å²) in [5.41, 5.74) is 3.73. The molecule has 0 radical (unpaired) electrons. The maximum atomic E-state index is 12.0. The molecule has 5 nitrogen and oxygen atoms in total. The van der Waals surface area contributed by atoms with Crippen LogP contribution in [0.2, 0.25) is 0 Å². The summed E-state index contributed by atoms with van der Waals surface area (Å²) < 4.78 is 5.18. The van der Waals surface area contributed by atoms with Crippen molar-refractivity contribution in [3.05, 3.63) is 83.6 Å². The molecule has 1 amide bonds. The number of anilines is 1. The second kappa shape index (κ2) is 7.46. The molecular formula is C19H19N3O2. The predicted molar refractivity (Wildman–Crippen MR) is 92.6 cm³/mol. The number of rotatable bonds is 6. The summed E-state index contributed by atoms with van der Waals surface area (Å²) in [6, 6.07) is 15.4. The number of aryl methyl sites for hydroxylation is 1. The molecule has 3 aromatic rings. The van der Waals surface area contributed by atoms with Crippen LogP contribution in [0.5, 0.6) is 0 Å². The highest BCUT2D eigenvalue weighted by atomic mass is 16.3. The molecule has 5 heteroatoms. The molecule has 0 bridgehead atoms. The van der Waals surface area contributed by atoms with Gasteiger partial charge < -0.3 is 15.1 Å². The van der Waals surface area contributed by atoms with Gasteiger partial charge in [-0.25, -0.2) is 4.98 Å². The fourth-order valence-electron chi connectivity index (χ4n) is 2.31. The average Bonchev–Trinajstić information content (AvgIpc) is 3.13. The lowest BCUT2D eigenvalue weighted by atomic mass is 10.1. The highest BCUT2D eigenvalue weighted by Gasteiger charge is 2.07. The first kappa shape index (κ1) is 15.8. The standard InChI is InChI=1S/C19H19N3O2/c1-14-5-2-3-6-15(14)11-20-16-8-9-18(21-12-16)19(23)22-13-17-7-4-10-24-17/h2-10,12,20H,11,13H2,1H3,(H,22,23). The van der Waals surface area contributed by atoms with E-state index in [9.17, 15) is 4.79 Å². The van der Waals surface area contributed by atoms with E-state index >= 15 is 0 Å². The Hall–Kier alpha value is -3.08. The third-order valence-electron chi connectivity index (χ3n) is 3.74. The van der Waals surface area contributed by atoms with E-state index < -0.39 is 0 Å². The SMILES string of the molecule is Cc1ccccc1CNc1ccc(C(=O)NCc2ccco2)nc1. The molecule has 1 aromatic carbocycles. The molecule has 0 saturated carbocycles. The minimum atomic E-state index is -0.225. The Kier molecular flexibility index (Phi) is 4.91. The number of aromatic nitrogens is 1. The Labute approximate surface area is 140 Å². The van der Waals surface area contributed by atoms with Gasteiger partial charge in [0.1, 0.15) is 11.5 Å². The van der Waals surface area contributed by atoms with Gasteiger partial charge in [0.25, 0.3) is 5.91 Å². The number of nitrogens with zero attached hydrogens (tertiary/aromatic N) is 1. The fourth-order valence-corrected chi connectivity index (χ4v) is 2.31. The van der Waals surface area contributed by atoms with Crippen molar-refractivity contribution in [1.29, 1.82) is 0 Å². The van der Waals surface area contributed by atoms with Crippen LogP contribution in [0, 0.1) is 6.92 Å². The van der Waals surface area contributed by atoms with Crippen LogP contribution in [0.1, 0.15) is 27.4 Å². The highest BCUT2D eigenvalue weighted by molar-refractivity contribution is 5.92. The van der Waals surface area contributed by atoms with E-state index in [1.807, 2.05) is 24.3 Å². The van der Waals surface area contributed by atoms with E-state index in [1.54, 1.807) is 24.6 Å². The Morgan fingerprint density at radius 1 is 1.08 bits per heavy atom. The van der Waals surface area contributed by atoms with Crippen LogP contribution < -0.4 is 10.6 Å². The number of benzene rings is 1. The zero-order valence-electron chi connectivity index (χ0n) is 13.5. The lowest BCUT2D eigenvalue weighted by Crippen LogP contribution is -2.23. The summed E-state index contributed by atoms with van der Waals surface area (Å²) in [5, 5.41) is 6.08. The molecular weight excluding hydrogens is 302 g/mol. The molecule has 24 heavy (non-hydrogen) atoms. The normalized spacial score (nSPS) is 10.4. The molecule has 2 heterocycles. The molecule has 0 saturated heterocycles. The van der Waals surface area contributed by atoms with Crippen LogP contribution in [-0.4, -0.2) is 10.9 Å². The van der Waals surface area contributed by atoms with Crippen LogP contribution in [-0.2, 0) is 13.1 Å². The van der Waals surface area contributed by atoms with E-state index in [2.05, 4.69) is 34.7 Å². The summed E-state index contributed by atoms with van der Waals surface area (Å²) in [6.45, 7) is 3.15. The number of furan rings is 1. The zero-order valence-corrected chi connectivity index (χ0v) is 13.5. The molecule has 0 atom stereocenters. The van der Waals surface area contributed by atoms with Crippen molar-refractivity contribution in [2.24, 2.45) is 0 Å². The van der Waals surface area contributed by atoms with Crippen molar-refractivity contribution < 1.29 is 9.21 Å². The van der Waals surface area contributed by atoms with Crippen LogP contribution in [0.4, 0.5) is 5.69 Å². The Bertz CT molecular complexity index is 796. The lowest BCUT2D eigenvalue weighted by Gasteiger charge is -2.09. The monoisotopic (exact) mass is 321 g/mol. The highest BCUT2D eigenvalue weighted by Crippen LogP contribution is 2.12. The van der Waals surface area contributed by atoms with Gasteiger partial charge in [-0.05, 0) is 42.3 Å². The van der Waals surface area contributed by atoms with Gasteiger partial charge in [-0.1, -0.05) is 24.3 Å². The smallest absolute Gasteiger partial charge is 0.270 e. The van der Waals surface area contributed by atoms with Crippen LogP contribution >= 0.6 is 0 Å². The number of hydrogen-bond acceptors (Lipinski definition) is 4. The summed E-state index contributed by atoms with van der Waals surface area (Å²) in [5.74, 6) is 0.483. The summed E-state index contributed by atoms with van der Waals surface area (Å²) >= 11 is 0.